The summed E-state index contributed by atoms with van der Waals surface area (Å²) in [5.41, 5.74) is 0.479. The van der Waals surface area contributed by atoms with Gasteiger partial charge in [0.15, 0.2) is 5.78 Å². The van der Waals surface area contributed by atoms with Gasteiger partial charge in [-0.25, -0.2) is 4.39 Å². The Morgan fingerprint density at radius 3 is 3.06 bits per heavy atom. The number of hydrogen-bond acceptors (Lipinski definition) is 3. The molecule has 0 bridgehead atoms. The average Bonchev–Trinajstić information content (AvgIpc) is 2.33. The zero-order chi connectivity index (χ0) is 13.1. The Balaban J connectivity index is 2.06. The number of benzene rings is 1. The van der Waals surface area contributed by atoms with E-state index in [1.54, 1.807) is 23.9 Å². The normalized spacial score (nSPS) is 20.9. The number of hydrogen-bond donors (Lipinski definition) is 0. The summed E-state index contributed by atoms with van der Waals surface area (Å²) in [6.07, 6.45) is 0.175. The fourth-order valence-electron chi connectivity index (χ4n) is 2.00. The van der Waals surface area contributed by atoms with Crippen LogP contribution in [0, 0.1) is 5.82 Å². The van der Waals surface area contributed by atoms with Crippen molar-refractivity contribution in [2.24, 2.45) is 0 Å². The average molecular weight is 332 g/mol. The molecule has 1 atom stereocenters. The van der Waals surface area contributed by atoms with Crippen LogP contribution >= 0.6 is 27.7 Å². The highest BCUT2D eigenvalue weighted by molar-refractivity contribution is 9.10. The van der Waals surface area contributed by atoms with Crippen LogP contribution in [-0.4, -0.2) is 41.8 Å². The minimum atomic E-state index is -0.316. The Morgan fingerprint density at radius 1 is 1.61 bits per heavy atom. The molecule has 1 saturated heterocycles. The summed E-state index contributed by atoms with van der Waals surface area (Å²) >= 11 is 5.00. The molecule has 18 heavy (non-hydrogen) atoms. The maximum absolute atomic E-state index is 13.7. The lowest BCUT2D eigenvalue weighted by molar-refractivity contribution is -0.122. The van der Waals surface area contributed by atoms with Crippen molar-refractivity contribution in [2.45, 2.75) is 12.5 Å². The van der Waals surface area contributed by atoms with E-state index in [-0.39, 0.29) is 24.1 Å². The second-order valence-corrected chi connectivity index (χ2v) is 6.52. The van der Waals surface area contributed by atoms with Crippen LogP contribution in [0.4, 0.5) is 4.39 Å². The summed E-state index contributed by atoms with van der Waals surface area (Å²) in [5, 5.41) is 0. The van der Waals surface area contributed by atoms with Crippen molar-refractivity contribution < 1.29 is 9.18 Å². The molecule has 1 aliphatic rings. The first-order valence-corrected chi connectivity index (χ1v) is 7.77. The van der Waals surface area contributed by atoms with Gasteiger partial charge in [-0.05, 0) is 24.7 Å². The molecule has 5 heteroatoms. The van der Waals surface area contributed by atoms with E-state index in [0.717, 1.165) is 18.1 Å². The van der Waals surface area contributed by atoms with E-state index in [1.807, 2.05) is 7.05 Å². The lowest BCUT2D eigenvalue weighted by Crippen LogP contribution is -2.45. The molecule has 1 unspecified atom stereocenters. The van der Waals surface area contributed by atoms with E-state index in [1.165, 1.54) is 6.07 Å². The largest absolute Gasteiger partial charge is 0.298 e. The number of rotatable bonds is 3. The molecule has 0 amide bonds. The van der Waals surface area contributed by atoms with Crippen LogP contribution in [0.3, 0.4) is 0 Å². The fourth-order valence-corrected chi connectivity index (χ4v) is 3.58. The van der Waals surface area contributed by atoms with E-state index in [9.17, 15) is 9.18 Å². The molecular formula is C13H15BrFNOS. The third-order valence-electron chi connectivity index (χ3n) is 3.15. The van der Waals surface area contributed by atoms with Gasteiger partial charge in [0.05, 0.1) is 6.04 Å². The topological polar surface area (TPSA) is 20.3 Å². The van der Waals surface area contributed by atoms with Crippen molar-refractivity contribution in [1.29, 1.82) is 0 Å². The van der Waals surface area contributed by atoms with Gasteiger partial charge in [0.1, 0.15) is 5.82 Å². The van der Waals surface area contributed by atoms with Crippen molar-refractivity contribution in [1.82, 2.24) is 4.90 Å². The molecule has 2 nitrogen and oxygen atoms in total. The number of likely N-dealkylation sites (N-methyl/N-ethyl adjacent to an activating group) is 1. The van der Waals surface area contributed by atoms with Gasteiger partial charge in [-0.3, -0.25) is 9.69 Å². The highest BCUT2D eigenvalue weighted by Crippen LogP contribution is 2.20. The van der Waals surface area contributed by atoms with E-state index >= 15 is 0 Å². The second-order valence-electron chi connectivity index (χ2n) is 4.45. The SMILES string of the molecule is CN1CCSCC1C(=O)Cc1ccc(Br)cc1F. The van der Waals surface area contributed by atoms with Crippen LogP contribution in [0.25, 0.3) is 0 Å². The zero-order valence-electron chi connectivity index (χ0n) is 10.2. The molecule has 0 spiro atoms. The molecule has 0 N–H and O–H groups in total. The summed E-state index contributed by atoms with van der Waals surface area (Å²) in [4.78, 5) is 14.2. The first-order valence-electron chi connectivity index (χ1n) is 5.82. The second kappa shape index (κ2) is 6.17. The molecule has 0 aromatic heterocycles. The lowest BCUT2D eigenvalue weighted by Gasteiger charge is -2.30. The van der Waals surface area contributed by atoms with Crippen LogP contribution in [-0.2, 0) is 11.2 Å². The number of carbonyl (C=O) groups excluding carboxylic acids is 1. The molecule has 1 aliphatic heterocycles. The van der Waals surface area contributed by atoms with Gasteiger partial charge in [-0.15, -0.1) is 0 Å². The molecule has 1 fully saturated rings. The number of carbonyl (C=O) groups is 1. The Morgan fingerprint density at radius 2 is 2.39 bits per heavy atom. The summed E-state index contributed by atoms with van der Waals surface area (Å²) in [7, 11) is 1.96. The molecule has 98 valence electrons. The predicted molar refractivity (Wildman–Crippen MR) is 76.6 cm³/mol. The van der Waals surface area contributed by atoms with Gasteiger partial charge in [0, 0.05) is 28.9 Å². The van der Waals surface area contributed by atoms with Crippen molar-refractivity contribution in [3.63, 3.8) is 0 Å². The number of thioether (sulfide) groups is 1. The van der Waals surface area contributed by atoms with Gasteiger partial charge in [0.2, 0.25) is 0 Å². The van der Waals surface area contributed by atoms with Gasteiger partial charge in [-0.2, -0.15) is 11.8 Å². The highest BCUT2D eigenvalue weighted by Gasteiger charge is 2.26. The first kappa shape index (κ1) is 14.0. The third kappa shape index (κ3) is 3.33. The molecular weight excluding hydrogens is 317 g/mol. The first-order chi connectivity index (χ1) is 8.58. The Hall–Kier alpha value is -0.390. The van der Waals surface area contributed by atoms with Crippen LogP contribution in [0.1, 0.15) is 5.56 Å². The number of halogens is 2. The Kier molecular flexibility index (Phi) is 4.81. The molecule has 0 aliphatic carbocycles. The maximum atomic E-state index is 13.7. The third-order valence-corrected chi connectivity index (χ3v) is 4.66. The molecule has 1 aromatic carbocycles. The number of ketones is 1. The summed E-state index contributed by atoms with van der Waals surface area (Å²) in [6, 6.07) is 4.77. The Labute approximate surface area is 119 Å². The minimum absolute atomic E-state index is 0.0770. The van der Waals surface area contributed by atoms with Crippen LogP contribution < -0.4 is 0 Å². The zero-order valence-corrected chi connectivity index (χ0v) is 12.6. The highest BCUT2D eigenvalue weighted by atomic mass is 79.9. The summed E-state index contributed by atoms with van der Waals surface area (Å²) < 4.78 is 14.4. The van der Waals surface area contributed by atoms with Gasteiger partial charge in [-0.1, -0.05) is 22.0 Å². The van der Waals surface area contributed by atoms with Crippen molar-refractivity contribution in [3.8, 4) is 0 Å². The molecule has 0 radical (unpaired) electrons. The van der Waals surface area contributed by atoms with E-state index in [0.29, 0.717) is 10.0 Å². The van der Waals surface area contributed by atoms with Crippen molar-refractivity contribution in [3.05, 3.63) is 34.1 Å². The quantitative estimate of drug-likeness (QED) is 0.849. The molecule has 1 aromatic rings. The molecule has 0 saturated carbocycles. The van der Waals surface area contributed by atoms with Crippen LogP contribution in [0.5, 0.6) is 0 Å². The number of nitrogens with zero attached hydrogens (tertiary/aromatic N) is 1. The summed E-state index contributed by atoms with van der Waals surface area (Å²) in [6.45, 7) is 0.921. The molecule has 1 heterocycles. The van der Waals surface area contributed by atoms with Crippen molar-refractivity contribution in [2.75, 3.05) is 25.1 Å². The minimum Gasteiger partial charge on any atom is -0.298 e. The van der Waals surface area contributed by atoms with E-state index < -0.39 is 0 Å². The lowest BCUT2D eigenvalue weighted by atomic mass is 10.0. The van der Waals surface area contributed by atoms with E-state index in [4.69, 9.17) is 0 Å². The van der Waals surface area contributed by atoms with Gasteiger partial charge in [0.25, 0.3) is 0 Å². The summed E-state index contributed by atoms with van der Waals surface area (Å²) in [5.74, 6) is 1.66. The maximum Gasteiger partial charge on any atom is 0.155 e. The Bertz CT molecular complexity index is 455. The van der Waals surface area contributed by atoms with Crippen molar-refractivity contribution >= 4 is 33.5 Å². The smallest absolute Gasteiger partial charge is 0.155 e. The predicted octanol–water partition coefficient (Wildman–Crippen LogP) is 2.75. The van der Waals surface area contributed by atoms with Crippen LogP contribution in [0.2, 0.25) is 0 Å². The van der Waals surface area contributed by atoms with Crippen LogP contribution in [0.15, 0.2) is 22.7 Å². The fraction of sp³-hybridized carbons (Fsp3) is 0.462. The van der Waals surface area contributed by atoms with Gasteiger partial charge < -0.3 is 0 Å². The standard InChI is InChI=1S/C13H15BrFNOS/c1-16-4-5-18-8-12(16)13(17)6-9-2-3-10(14)7-11(9)15/h2-3,7,12H,4-6,8H2,1H3. The monoisotopic (exact) mass is 331 g/mol. The molecule has 2 rings (SSSR count). The van der Waals surface area contributed by atoms with E-state index in [2.05, 4.69) is 20.8 Å². The number of Topliss-reactive ketones (excluding diaryl/α,β-unsaturated/α-hetero) is 1. The van der Waals surface area contributed by atoms with Gasteiger partial charge >= 0.3 is 0 Å².